The van der Waals surface area contributed by atoms with Crippen molar-refractivity contribution in [3.8, 4) is 0 Å². The molecule has 0 aliphatic heterocycles. The molecule has 1 atom stereocenters. The van der Waals surface area contributed by atoms with Crippen molar-refractivity contribution in [1.82, 2.24) is 19.4 Å². The normalized spacial score (nSPS) is 18.9. The summed E-state index contributed by atoms with van der Waals surface area (Å²) >= 11 is 0. The largest absolute Gasteiger partial charge is 0.355 e. The van der Waals surface area contributed by atoms with E-state index in [2.05, 4.69) is 69.9 Å². The van der Waals surface area contributed by atoms with E-state index in [0.29, 0.717) is 0 Å². The highest BCUT2D eigenvalue weighted by molar-refractivity contribution is 5.89. The van der Waals surface area contributed by atoms with Gasteiger partial charge in [-0.1, -0.05) is 36.4 Å². The Hall–Kier alpha value is -3.18. The summed E-state index contributed by atoms with van der Waals surface area (Å²) in [5.41, 5.74) is 6.04. The summed E-state index contributed by atoms with van der Waals surface area (Å²) < 4.78 is 16.2. The Morgan fingerprint density at radius 3 is 2.69 bits per heavy atom. The van der Waals surface area contributed by atoms with Gasteiger partial charge in [0.2, 0.25) is 0 Å². The van der Waals surface area contributed by atoms with Crippen LogP contribution in [0.3, 0.4) is 0 Å². The highest BCUT2D eigenvalue weighted by atomic mass is 19.1. The van der Waals surface area contributed by atoms with Gasteiger partial charge in [-0.3, -0.25) is 4.90 Å². The second-order valence-corrected chi connectivity index (χ2v) is 8.94. The van der Waals surface area contributed by atoms with Gasteiger partial charge in [-0.15, -0.1) is 0 Å². The molecular weight excluding hydrogens is 399 g/mol. The first-order valence-electron chi connectivity index (χ1n) is 11.2. The number of allylic oxidation sites excluding steroid dienone is 1. The number of hydrogen-bond acceptors (Lipinski definition) is 2. The Bertz CT molecular complexity index is 1240. The van der Waals surface area contributed by atoms with Gasteiger partial charge < -0.3 is 9.55 Å². The Balaban J connectivity index is 1.52. The molecule has 0 bridgehead atoms. The molecule has 2 aromatic heterocycles. The lowest BCUT2D eigenvalue weighted by Gasteiger charge is -2.43. The van der Waals surface area contributed by atoms with Crippen molar-refractivity contribution < 1.29 is 4.39 Å². The van der Waals surface area contributed by atoms with Crippen molar-refractivity contribution in [3.05, 3.63) is 96.0 Å². The molecule has 4 aromatic rings. The molecule has 1 unspecified atom stereocenters. The first kappa shape index (κ1) is 20.7. The molecule has 0 amide bonds. The molecule has 0 saturated heterocycles. The summed E-state index contributed by atoms with van der Waals surface area (Å²) in [4.78, 5) is 10.1. The molecule has 32 heavy (non-hydrogen) atoms. The van der Waals surface area contributed by atoms with Crippen LogP contribution < -0.4 is 0 Å². The third kappa shape index (κ3) is 3.67. The van der Waals surface area contributed by atoms with Crippen LogP contribution in [0.4, 0.5) is 4.39 Å². The summed E-state index contributed by atoms with van der Waals surface area (Å²) in [6.07, 6.45) is 11.8. The van der Waals surface area contributed by atoms with E-state index >= 15 is 0 Å². The van der Waals surface area contributed by atoms with Crippen LogP contribution in [-0.4, -0.2) is 33.5 Å². The molecule has 0 saturated carbocycles. The van der Waals surface area contributed by atoms with Gasteiger partial charge >= 0.3 is 0 Å². The highest BCUT2D eigenvalue weighted by Crippen LogP contribution is 2.43. The second-order valence-electron chi connectivity index (χ2n) is 8.94. The molecule has 5 heteroatoms. The Kier molecular flexibility index (Phi) is 5.43. The third-order valence-electron chi connectivity index (χ3n) is 7.03. The van der Waals surface area contributed by atoms with Gasteiger partial charge in [-0.2, -0.15) is 0 Å². The van der Waals surface area contributed by atoms with E-state index in [9.17, 15) is 4.39 Å². The molecule has 1 aliphatic rings. The zero-order valence-electron chi connectivity index (χ0n) is 18.7. The van der Waals surface area contributed by atoms with Crippen LogP contribution in [0, 0.1) is 5.82 Å². The van der Waals surface area contributed by atoms with E-state index in [1.807, 2.05) is 18.6 Å². The number of H-pyrrole nitrogens is 1. The first-order chi connectivity index (χ1) is 15.6. The Morgan fingerprint density at radius 1 is 1.16 bits per heavy atom. The smallest absolute Gasteiger partial charge is 0.123 e. The molecule has 0 radical (unpaired) electrons. The molecule has 2 aromatic carbocycles. The van der Waals surface area contributed by atoms with Crippen LogP contribution >= 0.6 is 0 Å². The van der Waals surface area contributed by atoms with Crippen molar-refractivity contribution in [2.75, 3.05) is 14.1 Å². The molecule has 1 N–H and O–H groups in total. The fraction of sp³-hybridized carbons (Fsp3) is 0.296. The number of aromatic amines is 1. The lowest BCUT2D eigenvalue weighted by Crippen LogP contribution is -2.42. The van der Waals surface area contributed by atoms with E-state index < -0.39 is 0 Å². The lowest BCUT2D eigenvalue weighted by atomic mass is 9.75. The lowest BCUT2D eigenvalue weighted by molar-refractivity contribution is 0.138. The molecule has 2 heterocycles. The minimum absolute atomic E-state index is 0.000142. The van der Waals surface area contributed by atoms with Crippen molar-refractivity contribution in [1.29, 1.82) is 0 Å². The average molecular weight is 429 g/mol. The standard InChI is InChI=1S/C27H29FN4/c1-31(2)27(21-6-4-3-5-7-21)13-10-20(11-14-27)26-23(12-16-32-17-15-29-19-32)24-18-22(28)8-9-25(24)30-26/h3-10,15,17-19,30H,11-14,16H2,1-2H3. The summed E-state index contributed by atoms with van der Waals surface area (Å²) in [5, 5.41) is 0.980. The zero-order valence-corrected chi connectivity index (χ0v) is 18.7. The van der Waals surface area contributed by atoms with Gasteiger partial charge in [-0.25, -0.2) is 9.37 Å². The van der Waals surface area contributed by atoms with E-state index in [4.69, 9.17) is 0 Å². The number of hydrogen-bond donors (Lipinski definition) is 1. The number of aromatic nitrogens is 3. The van der Waals surface area contributed by atoms with Gasteiger partial charge in [0.25, 0.3) is 0 Å². The van der Waals surface area contributed by atoms with Gasteiger partial charge in [0, 0.05) is 41.1 Å². The van der Waals surface area contributed by atoms with Gasteiger partial charge in [0.05, 0.1) is 6.33 Å². The molecule has 0 fully saturated rings. The van der Waals surface area contributed by atoms with Crippen molar-refractivity contribution in [2.45, 2.75) is 37.8 Å². The van der Waals surface area contributed by atoms with E-state index in [-0.39, 0.29) is 11.4 Å². The third-order valence-corrected chi connectivity index (χ3v) is 7.03. The number of aryl methyl sites for hydroxylation is 2. The summed E-state index contributed by atoms with van der Waals surface area (Å²) in [6, 6.07) is 15.8. The quantitative estimate of drug-likeness (QED) is 0.423. The van der Waals surface area contributed by atoms with Gasteiger partial charge in [0.1, 0.15) is 5.82 Å². The van der Waals surface area contributed by atoms with Crippen LogP contribution in [0.1, 0.15) is 36.1 Å². The molecule has 1 aliphatic carbocycles. The number of nitrogens with one attached hydrogen (secondary N) is 1. The maximum absolute atomic E-state index is 14.1. The van der Waals surface area contributed by atoms with E-state index in [0.717, 1.165) is 48.8 Å². The number of halogens is 1. The summed E-state index contributed by atoms with van der Waals surface area (Å²) in [5.74, 6) is -0.194. The topological polar surface area (TPSA) is 36.9 Å². The predicted octanol–water partition coefficient (Wildman–Crippen LogP) is 5.77. The average Bonchev–Trinajstić information content (AvgIpc) is 3.46. The number of benzene rings is 2. The summed E-state index contributed by atoms with van der Waals surface area (Å²) in [7, 11) is 4.35. The van der Waals surface area contributed by atoms with Crippen LogP contribution in [0.2, 0.25) is 0 Å². The van der Waals surface area contributed by atoms with Gasteiger partial charge in [-0.05, 0) is 74.7 Å². The van der Waals surface area contributed by atoms with Crippen LogP contribution in [0.5, 0.6) is 0 Å². The second kappa shape index (κ2) is 8.40. The number of rotatable bonds is 6. The fourth-order valence-electron chi connectivity index (χ4n) is 5.15. The monoisotopic (exact) mass is 428 g/mol. The van der Waals surface area contributed by atoms with Crippen molar-refractivity contribution in [3.63, 3.8) is 0 Å². The van der Waals surface area contributed by atoms with Crippen LogP contribution in [-0.2, 0) is 18.5 Å². The van der Waals surface area contributed by atoms with E-state index in [1.54, 1.807) is 12.3 Å². The van der Waals surface area contributed by atoms with Crippen LogP contribution in [0.25, 0.3) is 16.5 Å². The number of fused-ring (bicyclic) bond motifs is 1. The van der Waals surface area contributed by atoms with E-state index in [1.165, 1.54) is 22.8 Å². The maximum Gasteiger partial charge on any atom is 0.123 e. The molecule has 0 spiro atoms. The predicted molar refractivity (Wildman–Crippen MR) is 128 cm³/mol. The zero-order chi connectivity index (χ0) is 22.1. The molecule has 5 rings (SSSR count). The SMILES string of the molecule is CN(C)C1(c2ccccc2)CC=C(c2[nH]c3ccc(F)cc3c2CCn2ccnc2)CC1. The highest BCUT2D eigenvalue weighted by Gasteiger charge is 2.36. The van der Waals surface area contributed by atoms with Gasteiger partial charge in [0.15, 0.2) is 0 Å². The Morgan fingerprint density at radius 2 is 2.00 bits per heavy atom. The number of imidazole rings is 1. The fourth-order valence-corrected chi connectivity index (χ4v) is 5.15. The molecule has 164 valence electrons. The molecular formula is C27H29FN4. The minimum atomic E-state index is -0.194. The summed E-state index contributed by atoms with van der Waals surface area (Å²) in [6.45, 7) is 0.815. The number of nitrogens with zero attached hydrogens (tertiary/aromatic N) is 3. The maximum atomic E-state index is 14.1. The van der Waals surface area contributed by atoms with Crippen LogP contribution in [0.15, 0.2) is 73.3 Å². The van der Waals surface area contributed by atoms with Crippen molar-refractivity contribution >= 4 is 16.5 Å². The minimum Gasteiger partial charge on any atom is -0.355 e. The van der Waals surface area contributed by atoms with Crippen molar-refractivity contribution in [2.24, 2.45) is 0 Å². The molecule has 4 nitrogen and oxygen atoms in total. The Labute approximate surface area is 188 Å². The first-order valence-corrected chi connectivity index (χ1v) is 11.2.